The molecule has 1 fully saturated rings. The highest BCUT2D eigenvalue weighted by Gasteiger charge is 2.32. The fraction of sp³-hybridized carbons (Fsp3) is 0.353. The third-order valence-corrected chi connectivity index (χ3v) is 4.28. The molecule has 2 unspecified atom stereocenters. The van der Waals surface area contributed by atoms with Crippen LogP contribution in [-0.2, 0) is 11.2 Å². The van der Waals surface area contributed by atoms with E-state index < -0.39 is 0 Å². The molecule has 0 spiro atoms. The van der Waals surface area contributed by atoms with Gasteiger partial charge in [0.1, 0.15) is 5.78 Å². The van der Waals surface area contributed by atoms with E-state index in [4.69, 9.17) is 0 Å². The van der Waals surface area contributed by atoms with Crippen LogP contribution in [-0.4, -0.2) is 5.78 Å². The van der Waals surface area contributed by atoms with Gasteiger partial charge in [-0.1, -0.05) is 49.4 Å². The van der Waals surface area contributed by atoms with Crippen molar-refractivity contribution in [1.82, 2.24) is 0 Å². The van der Waals surface area contributed by atoms with Gasteiger partial charge >= 0.3 is 0 Å². The molecule has 0 radical (unpaired) electrons. The van der Waals surface area contributed by atoms with E-state index in [1.165, 1.54) is 22.8 Å². The molecule has 1 aliphatic carbocycles. The first kappa shape index (κ1) is 11.5. The molecule has 0 saturated heterocycles. The third-order valence-electron chi connectivity index (χ3n) is 4.28. The molecule has 3 rings (SSSR count). The number of Topliss-reactive ketones (excluding diaryl/α,β-unsaturated/α-hetero) is 1. The normalized spacial score (nSPS) is 22.7. The first-order valence-electron chi connectivity index (χ1n) is 6.75. The summed E-state index contributed by atoms with van der Waals surface area (Å²) in [5.74, 6) is 1.32. The van der Waals surface area contributed by atoms with Gasteiger partial charge in [-0.05, 0) is 35.1 Å². The third kappa shape index (κ3) is 1.94. The number of fused-ring (bicyclic) bond motifs is 1. The molecule has 0 aliphatic heterocycles. The van der Waals surface area contributed by atoms with Crippen LogP contribution in [0.3, 0.4) is 0 Å². The van der Waals surface area contributed by atoms with Crippen LogP contribution in [0.15, 0.2) is 42.5 Å². The standard InChI is InChI=1S/C17H18O/c1-12-9-10-15(12)17(18)11-14-7-4-6-13-5-2-3-8-16(13)14/h2-8,12,15H,9-11H2,1H3. The fourth-order valence-corrected chi connectivity index (χ4v) is 2.91. The predicted octanol–water partition coefficient (Wildman–Crippen LogP) is 4.00. The highest BCUT2D eigenvalue weighted by molar-refractivity contribution is 5.92. The van der Waals surface area contributed by atoms with Crippen molar-refractivity contribution in [2.24, 2.45) is 11.8 Å². The Kier molecular flexibility index (Phi) is 2.91. The predicted molar refractivity (Wildman–Crippen MR) is 74.5 cm³/mol. The van der Waals surface area contributed by atoms with E-state index in [0.717, 1.165) is 6.42 Å². The summed E-state index contributed by atoms with van der Waals surface area (Å²) < 4.78 is 0. The molecule has 1 saturated carbocycles. The van der Waals surface area contributed by atoms with Crippen molar-refractivity contribution in [3.05, 3.63) is 48.0 Å². The first-order valence-corrected chi connectivity index (χ1v) is 6.75. The molecule has 1 nitrogen and oxygen atoms in total. The maximum Gasteiger partial charge on any atom is 0.140 e. The van der Waals surface area contributed by atoms with Gasteiger partial charge in [0, 0.05) is 12.3 Å². The van der Waals surface area contributed by atoms with Gasteiger partial charge in [-0.3, -0.25) is 4.79 Å². The number of hydrogen-bond donors (Lipinski definition) is 0. The summed E-state index contributed by atoms with van der Waals surface area (Å²) in [5.41, 5.74) is 1.18. The second-order valence-electron chi connectivity index (χ2n) is 5.44. The highest BCUT2D eigenvalue weighted by Crippen LogP contribution is 2.35. The van der Waals surface area contributed by atoms with Crippen molar-refractivity contribution in [2.45, 2.75) is 26.2 Å². The van der Waals surface area contributed by atoms with Gasteiger partial charge in [-0.2, -0.15) is 0 Å². The monoisotopic (exact) mass is 238 g/mol. The van der Waals surface area contributed by atoms with Gasteiger partial charge in [0.2, 0.25) is 0 Å². The van der Waals surface area contributed by atoms with Gasteiger partial charge in [-0.15, -0.1) is 0 Å². The van der Waals surface area contributed by atoms with Gasteiger partial charge < -0.3 is 0 Å². The largest absolute Gasteiger partial charge is 0.299 e. The zero-order valence-electron chi connectivity index (χ0n) is 10.7. The molecule has 2 atom stereocenters. The summed E-state index contributed by atoms with van der Waals surface area (Å²) in [4.78, 5) is 12.2. The average Bonchev–Trinajstić information content (AvgIpc) is 2.37. The Morgan fingerprint density at radius 3 is 2.61 bits per heavy atom. The fourth-order valence-electron chi connectivity index (χ4n) is 2.91. The van der Waals surface area contributed by atoms with Crippen LogP contribution in [0.1, 0.15) is 25.3 Å². The van der Waals surface area contributed by atoms with Crippen molar-refractivity contribution in [2.75, 3.05) is 0 Å². The summed E-state index contributed by atoms with van der Waals surface area (Å²) in [6.07, 6.45) is 2.90. The van der Waals surface area contributed by atoms with Crippen molar-refractivity contribution >= 4 is 16.6 Å². The number of hydrogen-bond acceptors (Lipinski definition) is 1. The molecule has 0 amide bonds. The second kappa shape index (κ2) is 4.56. The lowest BCUT2D eigenvalue weighted by atomic mass is 9.71. The number of rotatable bonds is 3. The minimum absolute atomic E-state index is 0.309. The van der Waals surface area contributed by atoms with Crippen molar-refractivity contribution in [1.29, 1.82) is 0 Å². The lowest BCUT2D eigenvalue weighted by Crippen LogP contribution is -2.31. The molecule has 0 aromatic heterocycles. The molecular formula is C17H18O. The SMILES string of the molecule is CC1CCC1C(=O)Cc1cccc2ccccc12. The van der Waals surface area contributed by atoms with Crippen LogP contribution in [0.4, 0.5) is 0 Å². The van der Waals surface area contributed by atoms with Crippen LogP contribution >= 0.6 is 0 Å². The molecule has 2 aromatic carbocycles. The molecule has 0 N–H and O–H groups in total. The lowest BCUT2D eigenvalue weighted by Gasteiger charge is -2.32. The molecule has 0 heterocycles. The van der Waals surface area contributed by atoms with E-state index in [1.807, 2.05) is 12.1 Å². The summed E-state index contributed by atoms with van der Waals surface area (Å²) in [5, 5.41) is 2.45. The molecule has 2 aromatic rings. The molecule has 1 aliphatic rings. The van der Waals surface area contributed by atoms with E-state index in [1.54, 1.807) is 0 Å². The van der Waals surface area contributed by atoms with Crippen molar-refractivity contribution in [3.8, 4) is 0 Å². The minimum Gasteiger partial charge on any atom is -0.299 e. The second-order valence-corrected chi connectivity index (χ2v) is 5.44. The maximum absolute atomic E-state index is 12.2. The number of ketones is 1. The molecule has 1 heteroatoms. The van der Waals surface area contributed by atoms with Gasteiger partial charge in [0.05, 0.1) is 0 Å². The van der Waals surface area contributed by atoms with E-state index in [9.17, 15) is 4.79 Å². The van der Waals surface area contributed by atoms with Crippen molar-refractivity contribution < 1.29 is 4.79 Å². The minimum atomic E-state index is 0.309. The van der Waals surface area contributed by atoms with Crippen molar-refractivity contribution in [3.63, 3.8) is 0 Å². The van der Waals surface area contributed by atoms with E-state index >= 15 is 0 Å². The molecule has 0 bridgehead atoms. The van der Waals surface area contributed by atoms with E-state index in [-0.39, 0.29) is 0 Å². The van der Waals surface area contributed by atoms with Crippen LogP contribution < -0.4 is 0 Å². The Morgan fingerprint density at radius 2 is 1.89 bits per heavy atom. The Bertz CT molecular complexity index is 580. The van der Waals surface area contributed by atoms with Crippen LogP contribution in [0.2, 0.25) is 0 Å². The zero-order chi connectivity index (χ0) is 12.5. The highest BCUT2D eigenvalue weighted by atomic mass is 16.1. The Balaban J connectivity index is 1.88. The number of benzene rings is 2. The number of carbonyl (C=O) groups is 1. The summed E-state index contributed by atoms with van der Waals surface area (Å²) >= 11 is 0. The van der Waals surface area contributed by atoms with Crippen LogP contribution in [0, 0.1) is 11.8 Å². The molecular weight excluding hydrogens is 220 g/mol. The summed E-state index contributed by atoms with van der Waals surface area (Å²) in [6.45, 7) is 2.19. The maximum atomic E-state index is 12.2. The van der Waals surface area contributed by atoms with E-state index in [0.29, 0.717) is 24.0 Å². The Hall–Kier alpha value is -1.63. The van der Waals surface area contributed by atoms with Gasteiger partial charge in [0.25, 0.3) is 0 Å². The topological polar surface area (TPSA) is 17.1 Å². The molecule has 92 valence electrons. The number of carbonyl (C=O) groups excluding carboxylic acids is 1. The Labute approximate surface area is 108 Å². The average molecular weight is 238 g/mol. The van der Waals surface area contributed by atoms with Crippen LogP contribution in [0.25, 0.3) is 10.8 Å². The Morgan fingerprint density at radius 1 is 1.11 bits per heavy atom. The zero-order valence-corrected chi connectivity index (χ0v) is 10.7. The first-order chi connectivity index (χ1) is 8.75. The quantitative estimate of drug-likeness (QED) is 0.790. The van der Waals surface area contributed by atoms with E-state index in [2.05, 4.69) is 37.3 Å². The summed E-state index contributed by atoms with van der Waals surface area (Å²) in [6, 6.07) is 14.6. The van der Waals surface area contributed by atoms with Crippen LogP contribution in [0.5, 0.6) is 0 Å². The van der Waals surface area contributed by atoms with Gasteiger partial charge in [0.15, 0.2) is 0 Å². The smallest absolute Gasteiger partial charge is 0.140 e. The lowest BCUT2D eigenvalue weighted by molar-refractivity contribution is -0.126. The van der Waals surface area contributed by atoms with Gasteiger partial charge in [-0.25, -0.2) is 0 Å². The molecule has 18 heavy (non-hydrogen) atoms. The summed E-state index contributed by atoms with van der Waals surface area (Å²) in [7, 11) is 0.